The molecule has 0 aromatic heterocycles. The smallest absolute Gasteiger partial charge is 0.310 e. The fourth-order valence-electron chi connectivity index (χ4n) is 1.96. The molecule has 1 aliphatic carbocycles. The van der Waals surface area contributed by atoms with Gasteiger partial charge in [-0.3, -0.25) is 10.1 Å². The number of benzene rings is 1. The molecule has 1 atom stereocenters. The average Bonchev–Trinajstić information content (AvgIpc) is 3.12. The third-order valence-corrected chi connectivity index (χ3v) is 3.14. The number of nitro groups is 1. The van der Waals surface area contributed by atoms with Crippen LogP contribution in [0.2, 0.25) is 0 Å². The molecule has 0 spiro atoms. The number of hydrogen-bond donors (Lipinski definition) is 1. The molecule has 17 heavy (non-hydrogen) atoms. The van der Waals surface area contributed by atoms with E-state index in [1.54, 1.807) is 12.1 Å². The zero-order valence-corrected chi connectivity index (χ0v) is 9.76. The summed E-state index contributed by atoms with van der Waals surface area (Å²) in [6.07, 6.45) is 3.15. The van der Waals surface area contributed by atoms with Gasteiger partial charge in [-0.1, -0.05) is 6.07 Å². The molecule has 0 aliphatic heterocycles. The monoisotopic (exact) mass is 236 g/mol. The van der Waals surface area contributed by atoms with Crippen LogP contribution in [0.5, 0.6) is 5.75 Å². The van der Waals surface area contributed by atoms with Crippen LogP contribution < -0.4 is 10.5 Å². The second-order valence-corrected chi connectivity index (χ2v) is 4.47. The lowest BCUT2D eigenvalue weighted by Gasteiger charge is -2.11. The fourth-order valence-corrected chi connectivity index (χ4v) is 1.96. The first-order chi connectivity index (χ1) is 8.11. The summed E-state index contributed by atoms with van der Waals surface area (Å²) in [4.78, 5) is 10.3. The quantitative estimate of drug-likeness (QED) is 0.625. The molecule has 2 rings (SSSR count). The highest BCUT2D eigenvalue weighted by molar-refractivity contribution is 5.48. The molecule has 1 fully saturated rings. The van der Waals surface area contributed by atoms with E-state index >= 15 is 0 Å². The highest BCUT2D eigenvalue weighted by Gasteiger charge is 2.28. The molecule has 0 heterocycles. The average molecular weight is 236 g/mol. The van der Waals surface area contributed by atoms with Crippen molar-refractivity contribution in [2.75, 3.05) is 7.11 Å². The molecule has 0 bridgehead atoms. The van der Waals surface area contributed by atoms with Crippen LogP contribution >= 0.6 is 0 Å². The summed E-state index contributed by atoms with van der Waals surface area (Å²) < 4.78 is 5.02. The van der Waals surface area contributed by atoms with Gasteiger partial charge in [-0.25, -0.2) is 0 Å². The van der Waals surface area contributed by atoms with Gasteiger partial charge in [0.05, 0.1) is 12.0 Å². The van der Waals surface area contributed by atoms with Crippen molar-refractivity contribution in [3.63, 3.8) is 0 Å². The lowest BCUT2D eigenvalue weighted by molar-refractivity contribution is -0.385. The van der Waals surface area contributed by atoms with E-state index < -0.39 is 4.92 Å². The summed E-state index contributed by atoms with van der Waals surface area (Å²) >= 11 is 0. The lowest BCUT2D eigenvalue weighted by atomic mass is 10.0. The van der Waals surface area contributed by atoms with Crippen molar-refractivity contribution in [1.29, 1.82) is 0 Å². The molecule has 0 amide bonds. The fraction of sp³-hybridized carbons (Fsp3) is 0.500. The second kappa shape index (κ2) is 4.71. The summed E-state index contributed by atoms with van der Waals surface area (Å²) in [6, 6.07) is 5.10. The van der Waals surface area contributed by atoms with Crippen LogP contribution in [0.3, 0.4) is 0 Å². The Labute approximate surface area is 99.7 Å². The van der Waals surface area contributed by atoms with Crippen LogP contribution in [0.25, 0.3) is 0 Å². The Morgan fingerprint density at radius 2 is 2.29 bits per heavy atom. The summed E-state index contributed by atoms with van der Waals surface area (Å²) in [7, 11) is 1.44. The molecule has 0 radical (unpaired) electrons. The van der Waals surface area contributed by atoms with Crippen LogP contribution in [0, 0.1) is 16.0 Å². The van der Waals surface area contributed by atoms with E-state index in [0.29, 0.717) is 11.7 Å². The van der Waals surface area contributed by atoms with E-state index in [4.69, 9.17) is 10.5 Å². The minimum absolute atomic E-state index is 0.00348. The van der Waals surface area contributed by atoms with Crippen LogP contribution in [0.4, 0.5) is 5.69 Å². The number of rotatable bonds is 5. The van der Waals surface area contributed by atoms with Gasteiger partial charge in [-0.05, 0) is 36.8 Å². The number of methoxy groups -OCH3 is 1. The first-order valence-corrected chi connectivity index (χ1v) is 5.68. The topological polar surface area (TPSA) is 78.4 Å². The maximum absolute atomic E-state index is 10.7. The van der Waals surface area contributed by atoms with Gasteiger partial charge in [0.1, 0.15) is 0 Å². The van der Waals surface area contributed by atoms with Crippen LogP contribution in [0.15, 0.2) is 18.2 Å². The highest BCUT2D eigenvalue weighted by atomic mass is 16.6. The Bertz CT molecular complexity index is 430. The van der Waals surface area contributed by atoms with Crippen molar-refractivity contribution in [1.82, 2.24) is 0 Å². The van der Waals surface area contributed by atoms with E-state index in [2.05, 4.69) is 0 Å². The van der Waals surface area contributed by atoms with Crippen molar-refractivity contribution >= 4 is 5.69 Å². The van der Waals surface area contributed by atoms with E-state index in [-0.39, 0.29) is 11.7 Å². The maximum atomic E-state index is 10.7. The summed E-state index contributed by atoms with van der Waals surface area (Å²) in [6.45, 7) is 0. The van der Waals surface area contributed by atoms with Gasteiger partial charge in [0.2, 0.25) is 0 Å². The SMILES string of the molecule is COc1cc(CC(N)C2CC2)ccc1[N+](=O)[O-]. The molecule has 0 saturated heterocycles. The van der Waals surface area contributed by atoms with Crippen molar-refractivity contribution in [2.45, 2.75) is 25.3 Å². The predicted molar refractivity (Wildman–Crippen MR) is 64.1 cm³/mol. The van der Waals surface area contributed by atoms with Gasteiger partial charge >= 0.3 is 5.69 Å². The van der Waals surface area contributed by atoms with E-state index in [1.165, 1.54) is 26.0 Å². The summed E-state index contributed by atoms with van der Waals surface area (Å²) in [5.74, 6) is 0.923. The third kappa shape index (κ3) is 2.74. The molecule has 2 N–H and O–H groups in total. The number of nitrogens with zero attached hydrogens (tertiary/aromatic N) is 1. The van der Waals surface area contributed by atoms with Gasteiger partial charge in [-0.15, -0.1) is 0 Å². The highest BCUT2D eigenvalue weighted by Crippen LogP contribution is 2.34. The van der Waals surface area contributed by atoms with Gasteiger partial charge < -0.3 is 10.5 Å². The van der Waals surface area contributed by atoms with E-state index in [1.807, 2.05) is 0 Å². The number of nitrogens with two attached hydrogens (primary N) is 1. The molecular formula is C12H16N2O3. The van der Waals surface area contributed by atoms with Crippen molar-refractivity contribution in [2.24, 2.45) is 11.7 Å². The molecular weight excluding hydrogens is 220 g/mol. The Morgan fingerprint density at radius 3 is 2.82 bits per heavy atom. The maximum Gasteiger partial charge on any atom is 0.310 e. The van der Waals surface area contributed by atoms with Crippen molar-refractivity contribution in [3.8, 4) is 5.75 Å². The molecule has 1 aliphatic rings. The Hall–Kier alpha value is -1.62. The van der Waals surface area contributed by atoms with Crippen molar-refractivity contribution in [3.05, 3.63) is 33.9 Å². The largest absolute Gasteiger partial charge is 0.490 e. The predicted octanol–water partition coefficient (Wildman–Crippen LogP) is 1.88. The lowest BCUT2D eigenvalue weighted by Crippen LogP contribution is -2.25. The Balaban J connectivity index is 2.15. The van der Waals surface area contributed by atoms with Gasteiger partial charge in [-0.2, -0.15) is 0 Å². The van der Waals surface area contributed by atoms with Gasteiger partial charge in [0, 0.05) is 12.1 Å². The zero-order valence-electron chi connectivity index (χ0n) is 9.76. The number of nitro benzene ring substituents is 1. The summed E-state index contributed by atoms with van der Waals surface area (Å²) in [5.41, 5.74) is 7.01. The van der Waals surface area contributed by atoms with Gasteiger partial charge in [0.15, 0.2) is 5.75 Å². The molecule has 1 aromatic rings. The Kier molecular flexibility index (Phi) is 3.28. The van der Waals surface area contributed by atoms with Gasteiger partial charge in [0.25, 0.3) is 0 Å². The van der Waals surface area contributed by atoms with Crippen LogP contribution in [-0.2, 0) is 6.42 Å². The molecule has 92 valence electrons. The van der Waals surface area contributed by atoms with E-state index in [9.17, 15) is 10.1 Å². The van der Waals surface area contributed by atoms with Crippen LogP contribution in [-0.4, -0.2) is 18.1 Å². The molecule has 1 aromatic carbocycles. The standard InChI is InChI=1S/C12H16N2O3/c1-17-12-7-8(2-5-11(12)14(15)16)6-10(13)9-3-4-9/h2,5,7,9-10H,3-4,6,13H2,1H3. The zero-order chi connectivity index (χ0) is 12.4. The minimum atomic E-state index is -0.441. The first kappa shape index (κ1) is 11.9. The Morgan fingerprint density at radius 1 is 1.59 bits per heavy atom. The number of ether oxygens (including phenoxy) is 1. The molecule has 5 heteroatoms. The third-order valence-electron chi connectivity index (χ3n) is 3.14. The summed E-state index contributed by atoms with van der Waals surface area (Å²) in [5, 5.41) is 10.7. The number of hydrogen-bond acceptors (Lipinski definition) is 4. The minimum Gasteiger partial charge on any atom is -0.490 e. The molecule has 1 saturated carbocycles. The van der Waals surface area contributed by atoms with Crippen LogP contribution in [0.1, 0.15) is 18.4 Å². The molecule has 5 nitrogen and oxygen atoms in total. The van der Waals surface area contributed by atoms with Crippen molar-refractivity contribution < 1.29 is 9.66 Å². The van der Waals surface area contributed by atoms with E-state index in [0.717, 1.165) is 12.0 Å². The normalized spacial score (nSPS) is 16.6. The second-order valence-electron chi connectivity index (χ2n) is 4.47. The molecule has 1 unspecified atom stereocenters. The first-order valence-electron chi connectivity index (χ1n) is 5.68.